The number of aromatic amines is 1. The van der Waals surface area contributed by atoms with Gasteiger partial charge < -0.3 is 15.0 Å². The Balaban J connectivity index is 1.47. The Morgan fingerprint density at radius 1 is 0.966 bits per heavy atom. The van der Waals surface area contributed by atoms with Crippen LogP contribution in [-0.4, -0.2) is 24.0 Å². The number of rotatable bonds is 7. The molecule has 1 heterocycles. The predicted octanol–water partition coefficient (Wildman–Crippen LogP) is 5.26. The summed E-state index contributed by atoms with van der Waals surface area (Å²) in [5.74, 6) is 0.567. The predicted molar refractivity (Wildman–Crippen MR) is 119 cm³/mol. The van der Waals surface area contributed by atoms with E-state index in [1.165, 1.54) is 10.9 Å². The molecule has 146 valence electrons. The Labute approximate surface area is 178 Å². The molecule has 0 saturated heterocycles. The molecule has 3 aromatic carbocycles. The van der Waals surface area contributed by atoms with E-state index in [0.29, 0.717) is 12.3 Å². The maximum atomic E-state index is 12.4. The molecule has 4 aromatic rings. The average Bonchev–Trinajstić information content (AvgIpc) is 3.18. The van der Waals surface area contributed by atoms with E-state index in [1.807, 2.05) is 60.8 Å². The summed E-state index contributed by atoms with van der Waals surface area (Å²) in [7, 11) is 0. The van der Waals surface area contributed by atoms with Crippen LogP contribution in [0.2, 0.25) is 0 Å². The number of benzene rings is 3. The first-order valence-corrected chi connectivity index (χ1v) is 10.3. The summed E-state index contributed by atoms with van der Waals surface area (Å²) in [6.07, 6.45) is 2.03. The maximum Gasteiger partial charge on any atom is 0.257 e. The molecule has 29 heavy (non-hydrogen) atoms. The lowest BCUT2D eigenvalue weighted by atomic mass is 9.91. The van der Waals surface area contributed by atoms with Gasteiger partial charge in [0, 0.05) is 34.0 Å². The number of carbonyl (C=O) groups excluding carboxylic acids is 1. The molecule has 0 unspecified atom stereocenters. The molecular weight excluding hydrogens is 428 g/mol. The van der Waals surface area contributed by atoms with Crippen LogP contribution in [-0.2, 0) is 4.79 Å². The van der Waals surface area contributed by atoms with Gasteiger partial charge in [0.2, 0.25) is 0 Å². The first kappa shape index (κ1) is 19.3. The zero-order valence-corrected chi connectivity index (χ0v) is 17.4. The van der Waals surface area contributed by atoms with Gasteiger partial charge in [-0.3, -0.25) is 4.79 Å². The SMILES string of the molecule is O=C(COc1ccc(Br)cc1)NC[C@@H](c1ccccc1)c1c[nH]c2ccccc12. The molecule has 4 nitrogen and oxygen atoms in total. The molecule has 0 aliphatic rings. The lowest BCUT2D eigenvalue weighted by molar-refractivity contribution is -0.123. The number of hydrogen-bond donors (Lipinski definition) is 2. The smallest absolute Gasteiger partial charge is 0.257 e. The number of ether oxygens (including phenoxy) is 1. The quantitative estimate of drug-likeness (QED) is 0.405. The van der Waals surface area contributed by atoms with Gasteiger partial charge in [-0.15, -0.1) is 0 Å². The molecule has 0 fully saturated rings. The van der Waals surface area contributed by atoms with Crippen molar-refractivity contribution in [3.05, 3.63) is 101 Å². The van der Waals surface area contributed by atoms with Crippen LogP contribution < -0.4 is 10.1 Å². The fourth-order valence-corrected chi connectivity index (χ4v) is 3.69. The Bertz CT molecular complexity index is 1090. The van der Waals surface area contributed by atoms with E-state index in [9.17, 15) is 4.79 Å². The second-order valence-corrected chi connectivity index (χ2v) is 7.72. The Hall–Kier alpha value is -3.05. The first-order valence-electron chi connectivity index (χ1n) is 9.47. The van der Waals surface area contributed by atoms with Crippen LogP contribution in [0.15, 0.2) is 89.5 Å². The summed E-state index contributed by atoms with van der Waals surface area (Å²) in [5, 5.41) is 4.20. The number of hydrogen-bond acceptors (Lipinski definition) is 2. The third-order valence-corrected chi connectivity index (χ3v) is 5.41. The number of carbonyl (C=O) groups is 1. The fraction of sp³-hybridized carbons (Fsp3) is 0.125. The number of aromatic nitrogens is 1. The lowest BCUT2D eigenvalue weighted by Gasteiger charge is -2.18. The standard InChI is InChI=1S/C24H21BrN2O2/c25-18-10-12-19(13-11-18)29-16-24(28)27-14-21(17-6-2-1-3-7-17)22-15-26-23-9-5-4-8-20(22)23/h1-13,15,21,26H,14,16H2,(H,27,28)/t21-/m0/s1. The maximum absolute atomic E-state index is 12.4. The molecule has 0 spiro atoms. The van der Waals surface area contributed by atoms with Gasteiger partial charge in [-0.1, -0.05) is 64.5 Å². The van der Waals surface area contributed by atoms with Crippen LogP contribution in [0.3, 0.4) is 0 Å². The third-order valence-electron chi connectivity index (χ3n) is 4.89. The van der Waals surface area contributed by atoms with Gasteiger partial charge in [0.1, 0.15) is 5.75 Å². The fourth-order valence-electron chi connectivity index (χ4n) is 3.42. The van der Waals surface area contributed by atoms with Crippen molar-refractivity contribution in [3.8, 4) is 5.75 Å². The lowest BCUT2D eigenvalue weighted by Crippen LogP contribution is -2.32. The summed E-state index contributed by atoms with van der Waals surface area (Å²) in [4.78, 5) is 15.7. The number of para-hydroxylation sites is 1. The van der Waals surface area contributed by atoms with Crippen LogP contribution in [0.5, 0.6) is 5.75 Å². The van der Waals surface area contributed by atoms with E-state index in [0.717, 1.165) is 15.6 Å². The van der Waals surface area contributed by atoms with Gasteiger partial charge in [0.05, 0.1) is 0 Å². The van der Waals surface area contributed by atoms with Crippen molar-refractivity contribution in [2.75, 3.05) is 13.2 Å². The molecule has 1 atom stereocenters. The molecule has 2 N–H and O–H groups in total. The monoisotopic (exact) mass is 448 g/mol. The van der Waals surface area contributed by atoms with Crippen molar-refractivity contribution in [3.63, 3.8) is 0 Å². The highest BCUT2D eigenvalue weighted by Crippen LogP contribution is 2.30. The van der Waals surface area contributed by atoms with Crippen molar-refractivity contribution in [2.24, 2.45) is 0 Å². The van der Waals surface area contributed by atoms with Crippen LogP contribution >= 0.6 is 15.9 Å². The molecule has 1 aromatic heterocycles. The minimum atomic E-state index is -0.145. The molecule has 1 amide bonds. The van der Waals surface area contributed by atoms with E-state index < -0.39 is 0 Å². The molecule has 0 aliphatic heterocycles. The van der Waals surface area contributed by atoms with Crippen molar-refractivity contribution in [1.29, 1.82) is 0 Å². The molecule has 0 aliphatic carbocycles. The zero-order chi connectivity index (χ0) is 20.1. The van der Waals surface area contributed by atoms with E-state index in [4.69, 9.17) is 4.74 Å². The van der Waals surface area contributed by atoms with Crippen molar-refractivity contribution in [2.45, 2.75) is 5.92 Å². The minimum absolute atomic E-state index is 0.0168. The van der Waals surface area contributed by atoms with E-state index in [2.05, 4.69) is 50.5 Å². The van der Waals surface area contributed by atoms with E-state index >= 15 is 0 Å². The first-order chi connectivity index (χ1) is 14.2. The van der Waals surface area contributed by atoms with Gasteiger partial charge in [-0.2, -0.15) is 0 Å². The Morgan fingerprint density at radius 2 is 1.69 bits per heavy atom. The van der Waals surface area contributed by atoms with Crippen LogP contribution in [0, 0.1) is 0 Å². The van der Waals surface area contributed by atoms with Gasteiger partial charge >= 0.3 is 0 Å². The van der Waals surface area contributed by atoms with Gasteiger partial charge in [-0.25, -0.2) is 0 Å². The average molecular weight is 449 g/mol. The molecule has 0 saturated carbocycles. The van der Waals surface area contributed by atoms with E-state index in [-0.39, 0.29) is 18.4 Å². The highest BCUT2D eigenvalue weighted by molar-refractivity contribution is 9.10. The Morgan fingerprint density at radius 3 is 2.48 bits per heavy atom. The summed E-state index contributed by atoms with van der Waals surface area (Å²) in [6, 6.07) is 25.9. The van der Waals surface area contributed by atoms with Crippen LogP contribution in [0.4, 0.5) is 0 Å². The van der Waals surface area contributed by atoms with Crippen molar-refractivity contribution >= 4 is 32.7 Å². The van der Waals surface area contributed by atoms with Crippen molar-refractivity contribution in [1.82, 2.24) is 10.3 Å². The van der Waals surface area contributed by atoms with Crippen molar-refractivity contribution < 1.29 is 9.53 Å². The normalized spacial score (nSPS) is 11.9. The number of nitrogens with one attached hydrogen (secondary N) is 2. The highest BCUT2D eigenvalue weighted by Gasteiger charge is 2.19. The second kappa shape index (κ2) is 8.97. The largest absolute Gasteiger partial charge is 0.484 e. The number of H-pyrrole nitrogens is 1. The molecule has 0 bridgehead atoms. The Kier molecular flexibility index (Phi) is 5.96. The summed E-state index contributed by atoms with van der Waals surface area (Å²) < 4.78 is 6.55. The van der Waals surface area contributed by atoms with Crippen LogP contribution in [0.1, 0.15) is 17.0 Å². The molecule has 0 radical (unpaired) electrons. The number of fused-ring (bicyclic) bond motifs is 1. The highest BCUT2D eigenvalue weighted by atomic mass is 79.9. The zero-order valence-electron chi connectivity index (χ0n) is 15.8. The second-order valence-electron chi connectivity index (χ2n) is 6.80. The van der Waals surface area contributed by atoms with Gasteiger partial charge in [-0.05, 0) is 41.5 Å². The summed E-state index contributed by atoms with van der Waals surface area (Å²) in [5.41, 5.74) is 3.42. The summed E-state index contributed by atoms with van der Waals surface area (Å²) >= 11 is 3.39. The van der Waals surface area contributed by atoms with Gasteiger partial charge in [0.15, 0.2) is 6.61 Å². The number of amides is 1. The van der Waals surface area contributed by atoms with Gasteiger partial charge in [0.25, 0.3) is 5.91 Å². The molecule has 5 heteroatoms. The third kappa shape index (κ3) is 4.69. The summed E-state index contributed by atoms with van der Waals surface area (Å²) in [6.45, 7) is 0.478. The van der Waals surface area contributed by atoms with E-state index in [1.54, 1.807) is 0 Å². The van der Waals surface area contributed by atoms with Crippen LogP contribution in [0.25, 0.3) is 10.9 Å². The topological polar surface area (TPSA) is 54.1 Å². The number of halogens is 1. The minimum Gasteiger partial charge on any atom is -0.484 e. The molecule has 4 rings (SSSR count). The molecular formula is C24H21BrN2O2.